The Morgan fingerprint density at radius 1 is 1.00 bits per heavy atom. The molecule has 0 unspecified atom stereocenters. The van der Waals surface area contributed by atoms with E-state index >= 15 is 0 Å². The average Bonchev–Trinajstić information content (AvgIpc) is 2.61. The van der Waals surface area contributed by atoms with E-state index < -0.39 is 28.4 Å². The minimum Gasteiger partial charge on any atom is -0.272 e. The number of hydrogen-bond donors (Lipinski definition) is 2. The summed E-state index contributed by atoms with van der Waals surface area (Å²) in [7, 11) is -2.50. The third-order valence-corrected chi connectivity index (χ3v) is 5.31. The summed E-state index contributed by atoms with van der Waals surface area (Å²) in [6, 6.07) is 13.8. The van der Waals surface area contributed by atoms with Crippen LogP contribution < -0.4 is 10.9 Å². The lowest BCUT2D eigenvalue weighted by Crippen LogP contribution is -2.46. The molecule has 0 saturated heterocycles. The first-order valence-corrected chi connectivity index (χ1v) is 8.98. The molecule has 2 aromatic rings. The maximum atomic E-state index is 12.3. The highest BCUT2D eigenvalue weighted by molar-refractivity contribution is 7.89. The first-order valence-electron chi connectivity index (χ1n) is 7.17. The molecule has 0 aliphatic rings. The number of likely N-dealkylation sites (N-methyl/N-ethyl adjacent to an activating group) is 1. The van der Waals surface area contributed by atoms with Crippen molar-refractivity contribution >= 4 is 33.4 Å². The molecule has 0 aliphatic carbocycles. The van der Waals surface area contributed by atoms with Crippen LogP contribution in [0.4, 0.5) is 0 Å². The SMILES string of the molecule is CN(CC(=O)NNC(=O)c1ccc(Cl)cc1)S(=O)(=O)c1ccccc1. The van der Waals surface area contributed by atoms with E-state index in [0.717, 1.165) is 4.31 Å². The highest BCUT2D eigenvalue weighted by Crippen LogP contribution is 2.13. The predicted octanol–water partition coefficient (Wildman–Crippen LogP) is 1.42. The fraction of sp³-hybridized carbons (Fsp3) is 0.125. The predicted molar refractivity (Wildman–Crippen MR) is 93.3 cm³/mol. The Hall–Kier alpha value is -2.42. The summed E-state index contributed by atoms with van der Waals surface area (Å²) >= 11 is 5.73. The molecule has 0 radical (unpaired) electrons. The lowest BCUT2D eigenvalue weighted by Gasteiger charge is -2.17. The number of nitrogens with zero attached hydrogens (tertiary/aromatic N) is 1. The number of nitrogens with one attached hydrogen (secondary N) is 2. The largest absolute Gasteiger partial charge is 0.272 e. The number of hydrogen-bond acceptors (Lipinski definition) is 4. The Balaban J connectivity index is 1.91. The lowest BCUT2D eigenvalue weighted by atomic mass is 10.2. The van der Waals surface area contributed by atoms with Gasteiger partial charge in [-0.25, -0.2) is 8.42 Å². The van der Waals surface area contributed by atoms with Gasteiger partial charge in [0.15, 0.2) is 0 Å². The molecule has 0 atom stereocenters. The van der Waals surface area contributed by atoms with Crippen LogP contribution in [0.15, 0.2) is 59.5 Å². The van der Waals surface area contributed by atoms with Gasteiger partial charge in [0, 0.05) is 17.6 Å². The molecule has 0 heterocycles. The molecule has 0 aliphatic heterocycles. The summed E-state index contributed by atoms with van der Waals surface area (Å²) in [5.41, 5.74) is 4.69. The zero-order chi connectivity index (χ0) is 18.4. The highest BCUT2D eigenvalue weighted by Gasteiger charge is 2.22. The van der Waals surface area contributed by atoms with Crippen molar-refractivity contribution in [2.24, 2.45) is 0 Å². The van der Waals surface area contributed by atoms with Crippen LogP contribution >= 0.6 is 11.6 Å². The highest BCUT2D eigenvalue weighted by atomic mass is 35.5. The molecule has 0 aromatic heterocycles. The van der Waals surface area contributed by atoms with Gasteiger partial charge < -0.3 is 0 Å². The standard InChI is InChI=1S/C16H16ClN3O4S/c1-20(25(23,24)14-5-3-2-4-6-14)11-15(21)18-19-16(22)12-7-9-13(17)10-8-12/h2-10H,11H2,1H3,(H,18,21)(H,19,22). The zero-order valence-electron chi connectivity index (χ0n) is 13.3. The Morgan fingerprint density at radius 2 is 1.60 bits per heavy atom. The number of hydrazine groups is 1. The maximum absolute atomic E-state index is 12.3. The van der Waals surface area contributed by atoms with Gasteiger partial charge in [-0.15, -0.1) is 0 Å². The fourth-order valence-corrected chi connectivity index (χ4v) is 3.17. The normalized spacial score (nSPS) is 11.2. The van der Waals surface area contributed by atoms with E-state index in [1.807, 2.05) is 0 Å². The molecular weight excluding hydrogens is 366 g/mol. The molecule has 7 nitrogen and oxygen atoms in total. The number of benzene rings is 2. The van der Waals surface area contributed by atoms with Crippen LogP contribution in [0.2, 0.25) is 5.02 Å². The number of carbonyl (C=O) groups excluding carboxylic acids is 2. The second kappa shape index (κ2) is 8.11. The summed E-state index contributed by atoms with van der Waals surface area (Å²) in [6.07, 6.45) is 0. The summed E-state index contributed by atoms with van der Waals surface area (Å²) < 4.78 is 25.5. The molecule has 2 amide bonds. The summed E-state index contributed by atoms with van der Waals surface area (Å²) in [5.74, 6) is -1.22. The molecule has 2 aromatic carbocycles. The summed E-state index contributed by atoms with van der Waals surface area (Å²) in [6.45, 7) is -0.446. The van der Waals surface area contributed by atoms with Crippen LogP contribution in [0.1, 0.15) is 10.4 Å². The topological polar surface area (TPSA) is 95.6 Å². The van der Waals surface area contributed by atoms with Gasteiger partial charge in [-0.3, -0.25) is 20.4 Å². The van der Waals surface area contributed by atoms with Gasteiger partial charge in [0.25, 0.3) is 11.8 Å². The van der Waals surface area contributed by atoms with Crippen molar-refractivity contribution in [1.29, 1.82) is 0 Å². The number of halogens is 1. The van der Waals surface area contributed by atoms with Crippen LogP contribution in [0.5, 0.6) is 0 Å². The third-order valence-electron chi connectivity index (χ3n) is 3.24. The van der Waals surface area contributed by atoms with Crippen molar-refractivity contribution in [3.8, 4) is 0 Å². The van der Waals surface area contributed by atoms with Gasteiger partial charge >= 0.3 is 0 Å². The van der Waals surface area contributed by atoms with Gasteiger partial charge in [0.1, 0.15) is 0 Å². The Labute approximate surface area is 150 Å². The van der Waals surface area contributed by atoms with E-state index in [2.05, 4.69) is 10.9 Å². The smallest absolute Gasteiger partial charge is 0.269 e. The molecule has 0 bridgehead atoms. The second-order valence-corrected chi connectivity index (χ2v) is 7.56. The molecule has 2 N–H and O–H groups in total. The number of carbonyl (C=O) groups is 2. The maximum Gasteiger partial charge on any atom is 0.269 e. The Bertz CT molecular complexity index is 855. The minimum atomic E-state index is -3.78. The van der Waals surface area contributed by atoms with Gasteiger partial charge in [0.05, 0.1) is 11.4 Å². The van der Waals surface area contributed by atoms with Crippen molar-refractivity contribution < 1.29 is 18.0 Å². The first kappa shape index (κ1) is 18.9. The Morgan fingerprint density at radius 3 is 2.20 bits per heavy atom. The van der Waals surface area contributed by atoms with Crippen LogP contribution in [0, 0.1) is 0 Å². The van der Waals surface area contributed by atoms with E-state index in [9.17, 15) is 18.0 Å². The molecule has 0 saturated carbocycles. The summed E-state index contributed by atoms with van der Waals surface area (Å²) in [5, 5.41) is 0.480. The quantitative estimate of drug-likeness (QED) is 0.766. The lowest BCUT2D eigenvalue weighted by molar-refractivity contribution is -0.121. The van der Waals surface area contributed by atoms with Crippen molar-refractivity contribution in [2.75, 3.05) is 13.6 Å². The monoisotopic (exact) mass is 381 g/mol. The van der Waals surface area contributed by atoms with Gasteiger partial charge in [0.2, 0.25) is 10.0 Å². The number of rotatable bonds is 5. The number of amides is 2. The van der Waals surface area contributed by atoms with Crippen LogP contribution in [-0.4, -0.2) is 38.1 Å². The fourth-order valence-electron chi connectivity index (χ4n) is 1.90. The molecule has 9 heteroatoms. The molecule has 0 fully saturated rings. The molecule has 132 valence electrons. The number of sulfonamides is 1. The molecule has 0 spiro atoms. The zero-order valence-corrected chi connectivity index (χ0v) is 14.8. The van der Waals surface area contributed by atoms with Crippen molar-refractivity contribution in [1.82, 2.24) is 15.2 Å². The van der Waals surface area contributed by atoms with Crippen molar-refractivity contribution in [3.05, 3.63) is 65.2 Å². The van der Waals surface area contributed by atoms with E-state index in [1.165, 1.54) is 31.3 Å². The van der Waals surface area contributed by atoms with E-state index in [4.69, 9.17) is 11.6 Å². The van der Waals surface area contributed by atoms with Gasteiger partial charge in [-0.1, -0.05) is 29.8 Å². The van der Waals surface area contributed by atoms with Gasteiger partial charge in [-0.05, 0) is 36.4 Å². The van der Waals surface area contributed by atoms with Crippen LogP contribution in [-0.2, 0) is 14.8 Å². The Kier molecular flexibility index (Phi) is 6.13. The van der Waals surface area contributed by atoms with Crippen LogP contribution in [0.3, 0.4) is 0 Å². The van der Waals surface area contributed by atoms with Crippen molar-refractivity contribution in [2.45, 2.75) is 4.90 Å². The molecule has 25 heavy (non-hydrogen) atoms. The summed E-state index contributed by atoms with van der Waals surface area (Å²) in [4.78, 5) is 23.8. The average molecular weight is 382 g/mol. The molecular formula is C16H16ClN3O4S. The van der Waals surface area contributed by atoms with E-state index in [-0.39, 0.29) is 4.90 Å². The third kappa shape index (κ3) is 5.02. The van der Waals surface area contributed by atoms with E-state index in [0.29, 0.717) is 10.6 Å². The van der Waals surface area contributed by atoms with E-state index in [1.54, 1.807) is 30.3 Å². The first-order chi connectivity index (χ1) is 11.8. The van der Waals surface area contributed by atoms with Gasteiger partial charge in [-0.2, -0.15) is 4.31 Å². The molecule has 2 rings (SSSR count). The second-order valence-electron chi connectivity index (χ2n) is 5.08. The van der Waals surface area contributed by atoms with Crippen LogP contribution in [0.25, 0.3) is 0 Å². The van der Waals surface area contributed by atoms with Crippen molar-refractivity contribution in [3.63, 3.8) is 0 Å². The minimum absolute atomic E-state index is 0.0792.